The quantitative estimate of drug-likeness (QED) is 0.555. The minimum Gasteiger partial charge on any atom is -0.469 e. The van der Waals surface area contributed by atoms with Crippen molar-refractivity contribution in [2.24, 2.45) is 0 Å². The number of nitrogens with zero attached hydrogens (tertiary/aromatic N) is 1. The number of methoxy groups -OCH3 is 1. The van der Waals surface area contributed by atoms with E-state index < -0.39 is 35.4 Å². The summed E-state index contributed by atoms with van der Waals surface area (Å²) in [5.74, 6) is -0.461. The molecule has 170 valence electrons. The van der Waals surface area contributed by atoms with Crippen molar-refractivity contribution in [3.05, 3.63) is 36.0 Å². The molecule has 1 aromatic carbocycles. The minimum atomic E-state index is -0.674. The Bertz CT molecular complexity index is 949. The fourth-order valence-electron chi connectivity index (χ4n) is 3.07. The van der Waals surface area contributed by atoms with Crippen LogP contribution in [0.3, 0.4) is 0 Å². The molecular weight excluding hydrogens is 400 g/mol. The normalized spacial score (nSPS) is 12.9. The number of carbonyl (C=O) groups excluding carboxylic acids is 3. The molecule has 1 N–H and O–H groups in total. The first-order chi connectivity index (χ1) is 14.3. The molecule has 0 saturated heterocycles. The second-order valence-electron chi connectivity index (χ2n) is 9.35. The molecule has 2 rings (SSSR count). The van der Waals surface area contributed by atoms with E-state index in [-0.39, 0.29) is 6.42 Å². The third kappa shape index (κ3) is 7.31. The van der Waals surface area contributed by atoms with Gasteiger partial charge < -0.3 is 19.5 Å². The molecule has 1 aromatic heterocycles. The second kappa shape index (κ2) is 9.41. The monoisotopic (exact) mass is 432 g/mol. The number of hydrogen-bond donors (Lipinski definition) is 1. The van der Waals surface area contributed by atoms with E-state index in [1.54, 1.807) is 47.7 Å². The highest BCUT2D eigenvalue weighted by Crippen LogP contribution is 2.24. The smallest absolute Gasteiger partial charge is 0.419 e. The lowest BCUT2D eigenvalue weighted by Gasteiger charge is -2.23. The van der Waals surface area contributed by atoms with Crippen molar-refractivity contribution in [1.82, 2.24) is 9.88 Å². The maximum atomic E-state index is 12.7. The molecule has 0 fully saturated rings. The topological polar surface area (TPSA) is 95.9 Å². The Morgan fingerprint density at radius 1 is 1.00 bits per heavy atom. The van der Waals surface area contributed by atoms with Gasteiger partial charge in [-0.2, -0.15) is 0 Å². The maximum Gasteiger partial charge on any atom is 0.419 e. The number of benzene rings is 1. The van der Waals surface area contributed by atoms with Crippen molar-refractivity contribution in [1.29, 1.82) is 0 Å². The second-order valence-corrected chi connectivity index (χ2v) is 9.35. The van der Waals surface area contributed by atoms with E-state index in [2.05, 4.69) is 5.32 Å². The zero-order chi connectivity index (χ0) is 23.4. The average molecular weight is 433 g/mol. The fraction of sp³-hybridized carbons (Fsp3) is 0.522. The molecular formula is C23H32N2O6. The van der Waals surface area contributed by atoms with Gasteiger partial charge in [0.2, 0.25) is 0 Å². The maximum absolute atomic E-state index is 12.7. The van der Waals surface area contributed by atoms with Gasteiger partial charge in [0.1, 0.15) is 11.2 Å². The highest BCUT2D eigenvalue weighted by molar-refractivity contribution is 5.92. The largest absolute Gasteiger partial charge is 0.469 e. The summed E-state index contributed by atoms with van der Waals surface area (Å²) in [5, 5.41) is 3.57. The van der Waals surface area contributed by atoms with E-state index in [1.807, 2.05) is 24.3 Å². The summed E-state index contributed by atoms with van der Waals surface area (Å²) < 4.78 is 17.1. The predicted octanol–water partition coefficient (Wildman–Crippen LogP) is 4.42. The van der Waals surface area contributed by atoms with Crippen LogP contribution in [0.5, 0.6) is 0 Å². The van der Waals surface area contributed by atoms with E-state index in [4.69, 9.17) is 14.2 Å². The Balaban J connectivity index is 2.35. The van der Waals surface area contributed by atoms with Gasteiger partial charge in [0, 0.05) is 17.6 Å². The molecule has 1 heterocycles. The number of alkyl carbamates (subject to hydrolysis) is 1. The van der Waals surface area contributed by atoms with Gasteiger partial charge in [0.25, 0.3) is 0 Å². The van der Waals surface area contributed by atoms with Crippen LogP contribution >= 0.6 is 0 Å². The molecule has 8 heteroatoms. The summed E-state index contributed by atoms with van der Waals surface area (Å²) in [6, 6.07) is 6.81. The van der Waals surface area contributed by atoms with E-state index in [0.29, 0.717) is 11.9 Å². The molecule has 2 aromatic rings. The fourth-order valence-corrected chi connectivity index (χ4v) is 3.07. The average Bonchev–Trinajstić information content (AvgIpc) is 2.97. The molecule has 0 unspecified atom stereocenters. The molecule has 0 bridgehead atoms. The standard InChI is InChI=1S/C23H32N2O6/c1-22(2,3)30-20(27)24-16(13-19(26)29-7)12-15-14-25(21(28)31-23(4,5)6)18-11-9-8-10-17(15)18/h8-11,14,16H,12-13H2,1-7H3,(H,24,27)/t16-/m0/s1. The Hall–Kier alpha value is -3.03. The summed E-state index contributed by atoms with van der Waals surface area (Å²) >= 11 is 0. The summed E-state index contributed by atoms with van der Waals surface area (Å²) in [6.07, 6.45) is 0.809. The van der Waals surface area contributed by atoms with Gasteiger partial charge in [-0.25, -0.2) is 9.59 Å². The highest BCUT2D eigenvalue weighted by Gasteiger charge is 2.25. The first-order valence-corrected chi connectivity index (χ1v) is 10.2. The number of hydrogen-bond acceptors (Lipinski definition) is 6. The number of ether oxygens (including phenoxy) is 3. The molecule has 1 amide bonds. The van der Waals surface area contributed by atoms with Gasteiger partial charge >= 0.3 is 18.2 Å². The van der Waals surface area contributed by atoms with Crippen LogP contribution in [0.2, 0.25) is 0 Å². The first kappa shape index (κ1) is 24.2. The van der Waals surface area contributed by atoms with E-state index in [0.717, 1.165) is 10.9 Å². The number of carbonyl (C=O) groups is 3. The van der Waals surface area contributed by atoms with Crippen molar-refractivity contribution in [2.45, 2.75) is 71.6 Å². The van der Waals surface area contributed by atoms with Crippen LogP contribution in [0, 0.1) is 0 Å². The van der Waals surface area contributed by atoms with E-state index in [9.17, 15) is 14.4 Å². The lowest BCUT2D eigenvalue weighted by Crippen LogP contribution is -2.41. The molecule has 0 spiro atoms. The van der Waals surface area contributed by atoms with Crippen LogP contribution in [-0.4, -0.2) is 47.1 Å². The number of aromatic nitrogens is 1. The van der Waals surface area contributed by atoms with E-state index >= 15 is 0 Å². The molecule has 0 radical (unpaired) electrons. The van der Waals surface area contributed by atoms with Crippen LogP contribution in [0.15, 0.2) is 30.5 Å². The molecule has 0 saturated carbocycles. The molecule has 8 nitrogen and oxygen atoms in total. The number of esters is 1. The van der Waals surface area contributed by atoms with Crippen molar-refractivity contribution >= 4 is 29.1 Å². The van der Waals surface area contributed by atoms with Crippen LogP contribution in [0.1, 0.15) is 53.5 Å². The van der Waals surface area contributed by atoms with Crippen molar-refractivity contribution < 1.29 is 28.6 Å². The number of rotatable bonds is 5. The van der Waals surface area contributed by atoms with Crippen molar-refractivity contribution in [3.8, 4) is 0 Å². The zero-order valence-electron chi connectivity index (χ0n) is 19.3. The van der Waals surface area contributed by atoms with E-state index in [1.165, 1.54) is 11.7 Å². The Labute approximate surface area is 182 Å². The first-order valence-electron chi connectivity index (χ1n) is 10.2. The number of nitrogens with one attached hydrogen (secondary N) is 1. The van der Waals surface area contributed by atoms with Crippen LogP contribution in [0.4, 0.5) is 9.59 Å². The summed E-state index contributed by atoms with van der Waals surface area (Å²) in [6.45, 7) is 10.7. The van der Waals surface area contributed by atoms with Gasteiger partial charge in [-0.1, -0.05) is 18.2 Å². The molecule has 0 aliphatic heterocycles. The minimum absolute atomic E-state index is 0.0400. The highest BCUT2D eigenvalue weighted by atomic mass is 16.6. The predicted molar refractivity (Wildman–Crippen MR) is 117 cm³/mol. The van der Waals surface area contributed by atoms with Gasteiger partial charge in [-0.3, -0.25) is 9.36 Å². The van der Waals surface area contributed by atoms with Gasteiger partial charge in [0.15, 0.2) is 0 Å². The van der Waals surface area contributed by atoms with Gasteiger partial charge in [-0.15, -0.1) is 0 Å². The molecule has 0 aliphatic rings. The van der Waals surface area contributed by atoms with Gasteiger partial charge in [0.05, 0.1) is 19.0 Å². The molecule has 1 atom stereocenters. The summed E-state index contributed by atoms with van der Waals surface area (Å²) in [4.78, 5) is 36.9. The lowest BCUT2D eigenvalue weighted by atomic mass is 10.0. The zero-order valence-corrected chi connectivity index (χ0v) is 19.3. The summed E-state index contributed by atoms with van der Waals surface area (Å²) in [7, 11) is 1.29. The Morgan fingerprint density at radius 3 is 2.19 bits per heavy atom. The van der Waals surface area contributed by atoms with Gasteiger partial charge in [-0.05, 0) is 59.6 Å². The molecule has 31 heavy (non-hydrogen) atoms. The van der Waals surface area contributed by atoms with Crippen LogP contribution < -0.4 is 5.32 Å². The number of para-hydroxylation sites is 1. The van der Waals surface area contributed by atoms with Crippen molar-refractivity contribution in [2.75, 3.05) is 7.11 Å². The number of fused-ring (bicyclic) bond motifs is 1. The SMILES string of the molecule is COC(=O)C[C@H](Cc1cn(C(=O)OC(C)(C)C)c2ccccc12)NC(=O)OC(C)(C)C. The van der Waals surface area contributed by atoms with Crippen molar-refractivity contribution in [3.63, 3.8) is 0 Å². The number of amides is 1. The Kier molecular flexibility index (Phi) is 7.36. The molecule has 0 aliphatic carbocycles. The van der Waals surface area contributed by atoms with Crippen LogP contribution in [0.25, 0.3) is 10.9 Å². The Morgan fingerprint density at radius 2 is 1.61 bits per heavy atom. The summed E-state index contributed by atoms with van der Waals surface area (Å²) in [5.41, 5.74) is 0.147. The third-order valence-electron chi connectivity index (χ3n) is 4.21. The lowest BCUT2D eigenvalue weighted by molar-refractivity contribution is -0.141. The third-order valence-corrected chi connectivity index (χ3v) is 4.21. The van der Waals surface area contributed by atoms with Crippen LogP contribution in [-0.2, 0) is 25.4 Å².